The number of halogens is 3. The molecule has 0 spiro atoms. The second kappa shape index (κ2) is 10.6. The van der Waals surface area contributed by atoms with Crippen LogP contribution in [0.3, 0.4) is 0 Å². The number of nitrogens with zero attached hydrogens (tertiary/aromatic N) is 1. The molecule has 0 atom stereocenters. The zero-order chi connectivity index (χ0) is 16.9. The van der Waals surface area contributed by atoms with Crippen LogP contribution in [0.2, 0.25) is 5.02 Å². The maximum absolute atomic E-state index is 11.9. The second-order valence-electron chi connectivity index (χ2n) is 4.73. The number of carbonyl (C=O) groups is 1. The molecule has 1 aromatic rings. The number of nitrogens with two attached hydrogens (primary N) is 2. The van der Waals surface area contributed by atoms with Crippen LogP contribution in [0.1, 0.15) is 30.1 Å². The normalized spacial score (nSPS) is 10.1. The molecule has 1 amide bonds. The molecule has 138 valence electrons. The van der Waals surface area contributed by atoms with E-state index in [0.29, 0.717) is 6.54 Å². The van der Waals surface area contributed by atoms with Gasteiger partial charge in [-0.3, -0.25) is 4.79 Å². The van der Waals surface area contributed by atoms with E-state index in [1.165, 1.54) is 12.1 Å². The zero-order valence-corrected chi connectivity index (χ0v) is 16.4. The molecule has 0 saturated carbocycles. The van der Waals surface area contributed by atoms with Crippen molar-refractivity contribution in [1.29, 1.82) is 0 Å². The summed E-state index contributed by atoms with van der Waals surface area (Å²) in [6.07, 6.45) is 2.84. The number of rotatable bonds is 6. The SMILES string of the molecule is CCCCNc1c(Cl)cc(C(=O)N=C(N)N)cc1S(C)(=O)=O.Cl.Cl. The number of sulfone groups is 1. The molecular formula is C13H21Cl3N4O3S. The Balaban J connectivity index is 0. The third-order valence-corrected chi connectivity index (χ3v) is 4.18. The third-order valence-electron chi connectivity index (χ3n) is 2.76. The average Bonchev–Trinajstić information content (AvgIpc) is 2.38. The highest BCUT2D eigenvalue weighted by molar-refractivity contribution is 7.90. The van der Waals surface area contributed by atoms with E-state index in [4.69, 9.17) is 23.1 Å². The molecule has 0 aliphatic carbocycles. The number of aliphatic imine (C=N–C) groups is 1. The van der Waals surface area contributed by atoms with Crippen LogP contribution >= 0.6 is 36.4 Å². The molecule has 0 aliphatic heterocycles. The number of amides is 1. The van der Waals surface area contributed by atoms with Crippen molar-refractivity contribution in [2.75, 3.05) is 18.1 Å². The van der Waals surface area contributed by atoms with Gasteiger partial charge in [0.1, 0.15) is 0 Å². The van der Waals surface area contributed by atoms with Crippen LogP contribution in [0.15, 0.2) is 22.0 Å². The monoisotopic (exact) mass is 418 g/mol. The molecule has 0 aromatic heterocycles. The molecule has 0 unspecified atom stereocenters. The predicted molar refractivity (Wildman–Crippen MR) is 103 cm³/mol. The van der Waals surface area contributed by atoms with E-state index in [-0.39, 0.29) is 46.0 Å². The number of benzene rings is 1. The van der Waals surface area contributed by atoms with Gasteiger partial charge in [0.2, 0.25) is 0 Å². The summed E-state index contributed by atoms with van der Waals surface area (Å²) in [7, 11) is -3.59. The molecule has 1 aromatic carbocycles. The molecule has 0 fully saturated rings. The van der Waals surface area contributed by atoms with Gasteiger partial charge in [-0.1, -0.05) is 24.9 Å². The number of hydrogen-bond acceptors (Lipinski definition) is 4. The van der Waals surface area contributed by atoms with E-state index in [9.17, 15) is 13.2 Å². The lowest BCUT2D eigenvalue weighted by molar-refractivity contribution is 0.100. The van der Waals surface area contributed by atoms with E-state index in [1.54, 1.807) is 0 Å². The van der Waals surface area contributed by atoms with Crippen molar-refractivity contribution in [1.82, 2.24) is 0 Å². The number of carbonyl (C=O) groups excluding carboxylic acids is 1. The number of anilines is 1. The summed E-state index contributed by atoms with van der Waals surface area (Å²) < 4.78 is 23.9. The van der Waals surface area contributed by atoms with Crippen molar-refractivity contribution < 1.29 is 13.2 Å². The first-order valence-corrected chi connectivity index (χ1v) is 8.85. The molecule has 0 heterocycles. The highest BCUT2D eigenvalue weighted by atomic mass is 35.5. The quantitative estimate of drug-likeness (QED) is 0.368. The van der Waals surface area contributed by atoms with Crippen LogP contribution in [0, 0.1) is 0 Å². The topological polar surface area (TPSA) is 128 Å². The number of unbranched alkanes of at least 4 members (excludes halogenated alkanes) is 1. The van der Waals surface area contributed by atoms with Crippen molar-refractivity contribution in [2.24, 2.45) is 16.5 Å². The lowest BCUT2D eigenvalue weighted by atomic mass is 10.2. The van der Waals surface area contributed by atoms with Crippen LogP contribution < -0.4 is 16.8 Å². The van der Waals surface area contributed by atoms with Gasteiger partial charge in [0, 0.05) is 18.4 Å². The highest BCUT2D eigenvalue weighted by Gasteiger charge is 2.20. The highest BCUT2D eigenvalue weighted by Crippen LogP contribution is 2.31. The Morgan fingerprint density at radius 3 is 2.33 bits per heavy atom. The first-order valence-electron chi connectivity index (χ1n) is 6.58. The van der Waals surface area contributed by atoms with Crippen LogP contribution in [-0.4, -0.2) is 33.1 Å². The Morgan fingerprint density at radius 2 is 1.88 bits per heavy atom. The average molecular weight is 420 g/mol. The van der Waals surface area contributed by atoms with Gasteiger partial charge >= 0.3 is 0 Å². The van der Waals surface area contributed by atoms with E-state index >= 15 is 0 Å². The molecule has 0 aliphatic rings. The summed E-state index contributed by atoms with van der Waals surface area (Å²) in [4.78, 5) is 15.1. The fraction of sp³-hybridized carbons (Fsp3) is 0.385. The van der Waals surface area contributed by atoms with E-state index in [2.05, 4.69) is 10.3 Å². The minimum atomic E-state index is -3.59. The Hall–Kier alpha value is -1.22. The summed E-state index contributed by atoms with van der Waals surface area (Å²) in [5.74, 6) is -1.17. The minimum absolute atomic E-state index is 0. The number of nitrogens with one attached hydrogen (secondary N) is 1. The molecule has 0 saturated heterocycles. The summed E-state index contributed by atoms with van der Waals surface area (Å²) in [5, 5.41) is 3.11. The number of guanidine groups is 1. The fourth-order valence-corrected chi connectivity index (χ4v) is 2.98. The van der Waals surface area contributed by atoms with Crippen molar-refractivity contribution in [2.45, 2.75) is 24.7 Å². The standard InChI is InChI=1S/C13H19ClN4O3S.2ClH/c1-3-4-5-17-11-9(14)6-8(12(19)18-13(15)16)7-10(11)22(2,20)21;;/h6-7,17H,3-5H2,1-2H3,(H4,15,16,18,19);2*1H. The maximum Gasteiger partial charge on any atom is 0.280 e. The van der Waals surface area contributed by atoms with Crippen molar-refractivity contribution in [3.63, 3.8) is 0 Å². The summed E-state index contributed by atoms with van der Waals surface area (Å²) in [6.45, 7) is 2.58. The third kappa shape index (κ3) is 7.12. The van der Waals surface area contributed by atoms with Crippen LogP contribution in [0.4, 0.5) is 5.69 Å². The van der Waals surface area contributed by atoms with Gasteiger partial charge < -0.3 is 16.8 Å². The number of hydrogen-bond donors (Lipinski definition) is 3. The molecule has 0 bridgehead atoms. The van der Waals surface area contributed by atoms with Gasteiger partial charge in [0.25, 0.3) is 5.91 Å². The minimum Gasteiger partial charge on any atom is -0.383 e. The van der Waals surface area contributed by atoms with Crippen molar-refractivity contribution in [3.8, 4) is 0 Å². The summed E-state index contributed by atoms with van der Waals surface area (Å²) >= 11 is 6.11. The van der Waals surface area contributed by atoms with Crippen LogP contribution in [-0.2, 0) is 9.84 Å². The van der Waals surface area contributed by atoms with Gasteiger partial charge in [0.05, 0.1) is 15.6 Å². The Bertz CT molecular complexity index is 705. The molecule has 11 heteroatoms. The van der Waals surface area contributed by atoms with Gasteiger partial charge in [-0.15, -0.1) is 24.8 Å². The van der Waals surface area contributed by atoms with Gasteiger partial charge in [-0.05, 0) is 18.6 Å². The molecular weight excluding hydrogens is 399 g/mol. The van der Waals surface area contributed by atoms with Crippen LogP contribution in [0.5, 0.6) is 0 Å². The molecule has 24 heavy (non-hydrogen) atoms. The largest absolute Gasteiger partial charge is 0.383 e. The fourth-order valence-electron chi connectivity index (χ4n) is 1.74. The zero-order valence-electron chi connectivity index (χ0n) is 13.2. The second-order valence-corrected chi connectivity index (χ2v) is 7.12. The Labute approximate surface area is 159 Å². The predicted octanol–water partition coefficient (Wildman–Crippen LogP) is 2.21. The Morgan fingerprint density at radius 1 is 1.29 bits per heavy atom. The van der Waals surface area contributed by atoms with Gasteiger partial charge in [0.15, 0.2) is 15.8 Å². The molecule has 1 rings (SSSR count). The first kappa shape index (κ1) is 25.0. The first-order chi connectivity index (χ1) is 10.2. The smallest absolute Gasteiger partial charge is 0.280 e. The van der Waals surface area contributed by atoms with Crippen LogP contribution in [0.25, 0.3) is 0 Å². The van der Waals surface area contributed by atoms with Gasteiger partial charge in [-0.2, -0.15) is 4.99 Å². The van der Waals surface area contributed by atoms with Crippen molar-refractivity contribution >= 4 is 63.8 Å². The summed E-state index contributed by atoms with van der Waals surface area (Å²) in [6, 6.07) is 2.55. The summed E-state index contributed by atoms with van der Waals surface area (Å²) in [5.41, 5.74) is 10.6. The maximum atomic E-state index is 11.9. The molecule has 7 nitrogen and oxygen atoms in total. The molecule has 5 N–H and O–H groups in total. The lowest BCUT2D eigenvalue weighted by Crippen LogP contribution is -2.24. The Kier molecular flexibility index (Phi) is 11.1. The van der Waals surface area contributed by atoms with E-state index in [0.717, 1.165) is 19.1 Å². The van der Waals surface area contributed by atoms with Crippen molar-refractivity contribution in [3.05, 3.63) is 22.7 Å². The lowest BCUT2D eigenvalue weighted by Gasteiger charge is -2.14. The molecule has 0 radical (unpaired) electrons. The van der Waals surface area contributed by atoms with E-state index in [1.807, 2.05) is 6.92 Å². The van der Waals surface area contributed by atoms with E-state index < -0.39 is 21.7 Å². The van der Waals surface area contributed by atoms with Gasteiger partial charge in [-0.25, -0.2) is 8.42 Å².